The summed E-state index contributed by atoms with van der Waals surface area (Å²) < 4.78 is 3.58. The number of hydrogen-bond donors (Lipinski definition) is 0. The van der Waals surface area contributed by atoms with Crippen molar-refractivity contribution in [2.45, 2.75) is 5.41 Å². The third-order valence-electron chi connectivity index (χ3n) is 14.1. The molecular weight excluding hydrogens is 845 g/mol. The number of benzene rings is 10. The minimum absolute atomic E-state index is 0.533. The minimum Gasteiger partial charge on any atom is -0.309 e. The van der Waals surface area contributed by atoms with Crippen LogP contribution in [0.3, 0.4) is 0 Å². The highest BCUT2D eigenvalue weighted by Crippen LogP contribution is 2.56. The van der Waals surface area contributed by atoms with E-state index in [-0.39, 0.29) is 0 Å². The number of rotatable bonds is 7. The van der Waals surface area contributed by atoms with Crippen molar-refractivity contribution >= 4 is 81.5 Å². The Balaban J connectivity index is 1.07. The fourth-order valence-electron chi connectivity index (χ4n) is 11.2. The fourth-order valence-corrected chi connectivity index (χ4v) is 12.2. The lowest BCUT2D eigenvalue weighted by atomic mass is 9.68. The first-order valence-corrected chi connectivity index (χ1v) is 24.0. The van der Waals surface area contributed by atoms with E-state index >= 15 is 0 Å². The molecule has 4 nitrogen and oxygen atoms in total. The Bertz CT molecular complexity index is 4050. The lowest BCUT2D eigenvalue weighted by molar-refractivity contribution is 0.768. The predicted molar refractivity (Wildman–Crippen MR) is 284 cm³/mol. The summed E-state index contributed by atoms with van der Waals surface area (Å²) in [6.45, 7) is 0. The normalized spacial score (nSPS) is 12.8. The van der Waals surface area contributed by atoms with Crippen LogP contribution in [-0.2, 0) is 5.41 Å². The van der Waals surface area contributed by atoms with Crippen molar-refractivity contribution in [2.24, 2.45) is 0 Å². The van der Waals surface area contributed by atoms with E-state index in [1.807, 2.05) is 0 Å². The highest BCUT2D eigenvalue weighted by molar-refractivity contribution is 7.25. The van der Waals surface area contributed by atoms with Gasteiger partial charge in [0.05, 0.1) is 22.1 Å². The van der Waals surface area contributed by atoms with Crippen LogP contribution in [0.4, 0.5) is 17.2 Å². The van der Waals surface area contributed by atoms with Crippen LogP contribution in [0.2, 0.25) is 0 Å². The molecule has 3 aromatic heterocycles. The number of fused-ring (bicyclic) bond motifs is 10. The third-order valence-corrected chi connectivity index (χ3v) is 15.1. The number of para-hydroxylation sites is 1. The summed E-state index contributed by atoms with van der Waals surface area (Å²) in [7, 11) is 0. The molecule has 0 fully saturated rings. The van der Waals surface area contributed by atoms with E-state index in [9.17, 15) is 0 Å². The Morgan fingerprint density at radius 1 is 0.456 bits per heavy atom. The Hall–Kier alpha value is -8.64. The first kappa shape index (κ1) is 38.6. The molecule has 318 valence electrons. The van der Waals surface area contributed by atoms with Crippen LogP contribution in [0.5, 0.6) is 0 Å². The van der Waals surface area contributed by atoms with Crippen LogP contribution < -0.4 is 4.90 Å². The number of aromatic nitrogens is 3. The second kappa shape index (κ2) is 15.2. The minimum atomic E-state index is -0.533. The Labute approximate surface area is 397 Å². The van der Waals surface area contributed by atoms with E-state index in [1.165, 1.54) is 48.9 Å². The Morgan fingerprint density at radius 2 is 1.07 bits per heavy atom. The molecule has 1 aliphatic carbocycles. The van der Waals surface area contributed by atoms with Crippen molar-refractivity contribution in [1.82, 2.24) is 14.5 Å². The zero-order valence-corrected chi connectivity index (χ0v) is 37.6. The van der Waals surface area contributed by atoms with Gasteiger partial charge in [-0.25, -0.2) is 9.97 Å². The highest BCUT2D eigenvalue weighted by atomic mass is 32.1. The Kier molecular flexibility index (Phi) is 8.64. The van der Waals surface area contributed by atoms with Crippen molar-refractivity contribution in [3.63, 3.8) is 0 Å². The van der Waals surface area contributed by atoms with Gasteiger partial charge in [-0.15, -0.1) is 11.3 Å². The van der Waals surface area contributed by atoms with Crippen molar-refractivity contribution in [2.75, 3.05) is 4.90 Å². The van der Waals surface area contributed by atoms with Crippen molar-refractivity contribution < 1.29 is 0 Å². The van der Waals surface area contributed by atoms with Gasteiger partial charge in [-0.1, -0.05) is 194 Å². The molecule has 0 unspecified atom stereocenters. The SMILES string of the molecule is c1ccc(-c2nc3sc4ccccc4c3nc2N(c2ccc(C3(c4ccccc4)c4ccccc4-c4ccccc43)cc2)c2cccc3c2c2ccccc2n3-c2ccc3ccccc3c2)cc1. The van der Waals surface area contributed by atoms with Gasteiger partial charge in [-0.3, -0.25) is 4.90 Å². The molecule has 0 N–H and O–H groups in total. The van der Waals surface area contributed by atoms with Crippen molar-refractivity contribution in [1.29, 1.82) is 0 Å². The number of hydrogen-bond acceptors (Lipinski definition) is 4. The standard InChI is InChI=1S/C63H40N4S/c1-3-19-42(20-4-1)59-61(64-60-51-27-12-16-33-57(51)68-62(60)65-59)67(56-32-17-31-55-58(56)50-26-11-15-30-54(50)66(55)47-37-34-41-18-7-8-21-43(41)40-47)46-38-35-45(36-39-46)63(44-22-5-2-6-23-44)52-28-13-9-24-48(52)49-25-10-14-29-53(49)63/h1-40H. The zero-order chi connectivity index (χ0) is 44.8. The van der Waals surface area contributed by atoms with Gasteiger partial charge in [0.1, 0.15) is 16.0 Å². The molecular formula is C63H40N4S. The highest BCUT2D eigenvalue weighted by Gasteiger charge is 2.46. The number of nitrogens with zero attached hydrogens (tertiary/aromatic N) is 4. The molecule has 0 bridgehead atoms. The average molecular weight is 885 g/mol. The molecule has 13 aromatic rings. The average Bonchev–Trinajstić information content (AvgIpc) is 4.06. The maximum Gasteiger partial charge on any atom is 0.165 e. The lowest BCUT2D eigenvalue weighted by Gasteiger charge is -2.34. The molecule has 14 rings (SSSR count). The maximum atomic E-state index is 5.77. The van der Waals surface area contributed by atoms with Crippen LogP contribution >= 0.6 is 11.3 Å². The second-order valence-electron chi connectivity index (χ2n) is 17.7. The van der Waals surface area contributed by atoms with Gasteiger partial charge in [0.2, 0.25) is 0 Å². The molecule has 0 aliphatic heterocycles. The quantitative estimate of drug-likeness (QED) is 0.160. The van der Waals surface area contributed by atoms with Crippen LogP contribution in [-0.4, -0.2) is 14.5 Å². The van der Waals surface area contributed by atoms with Gasteiger partial charge in [0, 0.05) is 37.8 Å². The molecule has 10 aromatic carbocycles. The molecule has 0 amide bonds. The van der Waals surface area contributed by atoms with E-state index < -0.39 is 5.41 Å². The summed E-state index contributed by atoms with van der Waals surface area (Å²) >= 11 is 1.70. The summed E-state index contributed by atoms with van der Waals surface area (Å²) in [6, 6.07) is 88.2. The summed E-state index contributed by atoms with van der Waals surface area (Å²) in [5.41, 5.74) is 15.1. The van der Waals surface area contributed by atoms with E-state index in [0.29, 0.717) is 0 Å². The molecule has 0 radical (unpaired) electrons. The van der Waals surface area contributed by atoms with Crippen LogP contribution in [0.15, 0.2) is 243 Å². The monoisotopic (exact) mass is 884 g/mol. The number of thiophene rings is 1. The summed E-state index contributed by atoms with van der Waals surface area (Å²) in [5.74, 6) is 0.768. The van der Waals surface area contributed by atoms with Gasteiger partial charge >= 0.3 is 0 Å². The van der Waals surface area contributed by atoms with Crippen LogP contribution in [0.25, 0.3) is 81.1 Å². The Morgan fingerprint density at radius 3 is 1.85 bits per heavy atom. The molecule has 0 saturated heterocycles. The van der Waals surface area contributed by atoms with Gasteiger partial charge in [-0.05, 0) is 92.7 Å². The molecule has 5 heteroatoms. The summed E-state index contributed by atoms with van der Waals surface area (Å²) in [4.78, 5) is 14.6. The zero-order valence-electron chi connectivity index (χ0n) is 36.8. The number of anilines is 3. The smallest absolute Gasteiger partial charge is 0.165 e. The largest absolute Gasteiger partial charge is 0.309 e. The topological polar surface area (TPSA) is 34.0 Å². The third kappa shape index (κ3) is 5.66. The van der Waals surface area contributed by atoms with Gasteiger partial charge in [0.25, 0.3) is 0 Å². The maximum absolute atomic E-state index is 5.77. The summed E-state index contributed by atoms with van der Waals surface area (Å²) in [6.07, 6.45) is 0. The molecule has 3 heterocycles. The second-order valence-corrected chi connectivity index (χ2v) is 18.7. The van der Waals surface area contributed by atoms with Gasteiger partial charge in [-0.2, -0.15) is 0 Å². The van der Waals surface area contributed by atoms with E-state index in [4.69, 9.17) is 9.97 Å². The van der Waals surface area contributed by atoms with Gasteiger partial charge < -0.3 is 4.57 Å². The lowest BCUT2D eigenvalue weighted by Crippen LogP contribution is -2.28. The van der Waals surface area contributed by atoms with E-state index in [2.05, 4.69) is 252 Å². The predicted octanol–water partition coefficient (Wildman–Crippen LogP) is 16.6. The van der Waals surface area contributed by atoms with Gasteiger partial charge in [0.15, 0.2) is 5.82 Å². The summed E-state index contributed by atoms with van der Waals surface area (Å²) in [5, 5.41) is 5.82. The molecule has 0 atom stereocenters. The molecule has 0 spiro atoms. The van der Waals surface area contributed by atoms with Crippen LogP contribution in [0, 0.1) is 0 Å². The van der Waals surface area contributed by atoms with Crippen LogP contribution in [0.1, 0.15) is 22.3 Å². The molecule has 68 heavy (non-hydrogen) atoms. The van der Waals surface area contributed by atoms with E-state index in [1.54, 1.807) is 11.3 Å². The first-order chi connectivity index (χ1) is 33.7. The fraction of sp³-hybridized carbons (Fsp3) is 0.0159. The molecule has 1 aliphatic rings. The van der Waals surface area contributed by atoms with Crippen molar-refractivity contribution in [3.8, 4) is 28.1 Å². The first-order valence-electron chi connectivity index (χ1n) is 23.2. The van der Waals surface area contributed by atoms with E-state index in [0.717, 1.165) is 71.7 Å². The molecule has 0 saturated carbocycles. The van der Waals surface area contributed by atoms with Crippen molar-refractivity contribution in [3.05, 3.63) is 265 Å².